The van der Waals surface area contributed by atoms with Crippen molar-refractivity contribution in [2.24, 2.45) is 4.99 Å². The largest absolute Gasteiger partial charge is 0.456 e. The zero-order chi connectivity index (χ0) is 19.8. The van der Waals surface area contributed by atoms with E-state index in [4.69, 9.17) is 15.0 Å². The lowest BCUT2D eigenvalue weighted by atomic mass is 10.3. The van der Waals surface area contributed by atoms with E-state index >= 15 is 0 Å². The van der Waals surface area contributed by atoms with Gasteiger partial charge in [-0.3, -0.25) is 10.1 Å². The number of anilines is 3. The fourth-order valence-electron chi connectivity index (χ4n) is 2.40. The molecule has 1 aliphatic carbocycles. The second-order valence-electron chi connectivity index (χ2n) is 6.17. The van der Waals surface area contributed by atoms with Gasteiger partial charge >= 0.3 is 0 Å². The first-order valence-corrected chi connectivity index (χ1v) is 10.5. The molecule has 0 spiro atoms. The molecule has 150 valence electrons. The van der Waals surface area contributed by atoms with Crippen LogP contribution in [0.1, 0.15) is 12.8 Å². The second kappa shape index (κ2) is 10.2. The molecule has 1 heterocycles. The van der Waals surface area contributed by atoms with E-state index in [2.05, 4.69) is 37.4 Å². The second-order valence-corrected chi connectivity index (χ2v) is 7.82. The minimum atomic E-state index is -0.912. The average Bonchev–Trinajstić information content (AvgIpc) is 3.51. The molecule has 2 aromatic rings. The molecule has 0 bridgehead atoms. The van der Waals surface area contributed by atoms with Gasteiger partial charge in [0.2, 0.25) is 5.95 Å². The van der Waals surface area contributed by atoms with Gasteiger partial charge in [0.25, 0.3) is 0 Å². The van der Waals surface area contributed by atoms with E-state index in [0.717, 1.165) is 18.6 Å². The number of aliphatic imine (C=N–C) groups is 1. The summed E-state index contributed by atoms with van der Waals surface area (Å²) in [6.07, 6.45) is 2.71. The highest BCUT2D eigenvalue weighted by Gasteiger charge is 2.24. The maximum Gasteiger partial charge on any atom is 0.224 e. The lowest BCUT2D eigenvalue weighted by Gasteiger charge is -2.17. The van der Waals surface area contributed by atoms with Crippen molar-refractivity contribution in [2.75, 3.05) is 42.9 Å². The van der Waals surface area contributed by atoms with Crippen molar-refractivity contribution in [3.63, 3.8) is 0 Å². The van der Waals surface area contributed by atoms with Crippen LogP contribution in [0.15, 0.2) is 35.3 Å². The number of ether oxygens (including phenoxy) is 1. The highest BCUT2D eigenvalue weighted by Crippen LogP contribution is 2.35. The zero-order valence-electron chi connectivity index (χ0n) is 15.9. The number of nitrogens with one attached hydrogen (secondary N) is 3. The molecular weight excluding hydrogens is 377 g/mol. The number of benzene rings is 1. The Labute approximate surface area is 166 Å². The SMILES string of the molecule is C=Nc1c(NCCOCP(NC)Oc2ccccc2)nc(N)nc1NC1CC1. The third-order valence-electron chi connectivity index (χ3n) is 3.93. The van der Waals surface area contributed by atoms with Gasteiger partial charge in [0, 0.05) is 12.6 Å². The molecule has 1 aliphatic rings. The number of para-hydroxylation sites is 1. The monoisotopic (exact) mass is 403 g/mol. The van der Waals surface area contributed by atoms with Crippen molar-refractivity contribution in [2.45, 2.75) is 18.9 Å². The van der Waals surface area contributed by atoms with Crippen molar-refractivity contribution < 1.29 is 9.26 Å². The predicted molar refractivity (Wildman–Crippen MR) is 115 cm³/mol. The van der Waals surface area contributed by atoms with Crippen LogP contribution in [0.4, 0.5) is 23.3 Å². The van der Waals surface area contributed by atoms with Gasteiger partial charge in [0.15, 0.2) is 19.9 Å². The summed E-state index contributed by atoms with van der Waals surface area (Å²) < 4.78 is 11.6. The molecule has 0 amide bonds. The molecule has 1 unspecified atom stereocenters. The van der Waals surface area contributed by atoms with Crippen molar-refractivity contribution in [3.05, 3.63) is 30.3 Å². The number of aromatic nitrogens is 2. The Morgan fingerprint density at radius 3 is 2.68 bits per heavy atom. The van der Waals surface area contributed by atoms with Crippen molar-refractivity contribution in [1.82, 2.24) is 15.1 Å². The Morgan fingerprint density at radius 2 is 2.00 bits per heavy atom. The fraction of sp³-hybridized carbons (Fsp3) is 0.389. The number of hydrogen-bond acceptors (Lipinski definition) is 9. The van der Waals surface area contributed by atoms with Gasteiger partial charge in [-0.25, -0.2) is 0 Å². The number of hydrogen-bond donors (Lipinski definition) is 4. The first kappa shape index (κ1) is 20.3. The van der Waals surface area contributed by atoms with E-state index in [1.54, 1.807) is 0 Å². The van der Waals surface area contributed by atoms with E-state index in [1.807, 2.05) is 37.4 Å². The Bertz CT molecular complexity index is 774. The third kappa shape index (κ3) is 6.02. The minimum Gasteiger partial charge on any atom is -0.456 e. The van der Waals surface area contributed by atoms with Crippen molar-refractivity contribution in [1.29, 1.82) is 0 Å². The quantitative estimate of drug-likeness (QED) is 0.243. The molecule has 1 aromatic heterocycles. The first-order valence-electron chi connectivity index (χ1n) is 9.10. The normalized spacial score (nSPS) is 14.3. The third-order valence-corrected chi connectivity index (χ3v) is 5.28. The fourth-order valence-corrected chi connectivity index (χ4v) is 3.35. The summed E-state index contributed by atoms with van der Waals surface area (Å²) in [6.45, 7) is 4.64. The molecule has 1 fully saturated rings. The minimum absolute atomic E-state index is 0.189. The van der Waals surface area contributed by atoms with Crippen LogP contribution in [0.25, 0.3) is 0 Å². The molecule has 1 aromatic carbocycles. The van der Waals surface area contributed by atoms with Gasteiger partial charge in [-0.2, -0.15) is 9.97 Å². The first-order chi connectivity index (χ1) is 13.7. The molecule has 28 heavy (non-hydrogen) atoms. The standard InChI is InChI=1S/C18H26N7O2P/c1-20-15-16(24-18(19)25-17(15)23-13-8-9-13)22-10-11-26-12-28(21-2)27-14-6-4-3-5-7-14/h3-7,13,21H,1,8-12H2,2H3,(H4,19,22,23,24,25). The van der Waals surface area contributed by atoms with E-state index in [1.165, 1.54) is 0 Å². The molecule has 5 N–H and O–H groups in total. The molecule has 3 rings (SSSR count). The smallest absolute Gasteiger partial charge is 0.224 e. The predicted octanol–water partition coefficient (Wildman–Crippen LogP) is 2.96. The summed E-state index contributed by atoms with van der Waals surface area (Å²) in [5.74, 6) is 2.17. The van der Waals surface area contributed by atoms with E-state index in [0.29, 0.717) is 42.9 Å². The maximum atomic E-state index is 5.88. The Hall–Kier alpha value is -2.48. The van der Waals surface area contributed by atoms with E-state index in [9.17, 15) is 0 Å². The van der Waals surface area contributed by atoms with Crippen LogP contribution in [0, 0.1) is 0 Å². The molecule has 0 radical (unpaired) electrons. The van der Waals surface area contributed by atoms with Crippen molar-refractivity contribution in [3.8, 4) is 5.75 Å². The Kier molecular flexibility index (Phi) is 7.36. The molecular formula is C18H26N7O2P. The molecule has 0 saturated heterocycles. The van der Waals surface area contributed by atoms with Crippen LogP contribution in [0.3, 0.4) is 0 Å². The van der Waals surface area contributed by atoms with Crippen LogP contribution in [-0.4, -0.2) is 49.3 Å². The topological polar surface area (TPSA) is 119 Å². The summed E-state index contributed by atoms with van der Waals surface area (Å²) in [6, 6.07) is 10.1. The maximum absolute atomic E-state index is 5.88. The molecule has 0 aliphatic heterocycles. The molecule has 10 heteroatoms. The van der Waals surface area contributed by atoms with Crippen LogP contribution in [0.2, 0.25) is 0 Å². The summed E-state index contributed by atoms with van der Waals surface area (Å²) in [7, 11) is 0.945. The highest BCUT2D eigenvalue weighted by atomic mass is 31.2. The van der Waals surface area contributed by atoms with Crippen LogP contribution >= 0.6 is 8.30 Å². The summed E-state index contributed by atoms with van der Waals surface area (Å²) in [4.78, 5) is 12.5. The van der Waals surface area contributed by atoms with E-state index in [-0.39, 0.29) is 5.95 Å². The van der Waals surface area contributed by atoms with E-state index < -0.39 is 8.30 Å². The van der Waals surface area contributed by atoms with Crippen LogP contribution in [-0.2, 0) is 4.74 Å². The number of nitrogen functional groups attached to an aromatic ring is 1. The van der Waals surface area contributed by atoms with Gasteiger partial charge in [-0.1, -0.05) is 18.2 Å². The number of nitrogens with two attached hydrogens (primary N) is 1. The summed E-state index contributed by atoms with van der Waals surface area (Å²) in [5, 5.41) is 9.65. The van der Waals surface area contributed by atoms with Gasteiger partial charge in [0.1, 0.15) is 17.8 Å². The van der Waals surface area contributed by atoms with Gasteiger partial charge in [-0.15, -0.1) is 0 Å². The lowest BCUT2D eigenvalue weighted by molar-refractivity contribution is 0.186. The number of nitrogens with zero attached hydrogens (tertiary/aromatic N) is 3. The summed E-state index contributed by atoms with van der Waals surface area (Å²) in [5.41, 5.74) is 6.40. The average molecular weight is 403 g/mol. The van der Waals surface area contributed by atoms with Gasteiger partial charge in [-0.05, 0) is 38.7 Å². The lowest BCUT2D eigenvalue weighted by Crippen LogP contribution is -2.15. The molecule has 9 nitrogen and oxygen atoms in total. The number of rotatable bonds is 12. The van der Waals surface area contributed by atoms with Crippen LogP contribution < -0.4 is 26.0 Å². The van der Waals surface area contributed by atoms with Gasteiger partial charge < -0.3 is 25.6 Å². The molecule has 1 saturated carbocycles. The summed E-state index contributed by atoms with van der Waals surface area (Å²) >= 11 is 0. The zero-order valence-corrected chi connectivity index (χ0v) is 16.8. The van der Waals surface area contributed by atoms with Gasteiger partial charge in [0.05, 0.1) is 6.61 Å². The highest BCUT2D eigenvalue weighted by molar-refractivity contribution is 7.50. The van der Waals surface area contributed by atoms with Crippen LogP contribution in [0.5, 0.6) is 5.75 Å². The molecule has 1 atom stereocenters. The Morgan fingerprint density at radius 1 is 1.25 bits per heavy atom. The van der Waals surface area contributed by atoms with Crippen molar-refractivity contribution >= 4 is 38.3 Å². The Balaban J connectivity index is 1.46.